The van der Waals surface area contributed by atoms with E-state index in [2.05, 4.69) is 12.3 Å². The lowest BCUT2D eigenvalue weighted by molar-refractivity contribution is -0.900. The Morgan fingerprint density at radius 2 is 1.91 bits per heavy atom. The van der Waals surface area contributed by atoms with Gasteiger partial charge in [0, 0.05) is 24.4 Å². The monoisotopic (exact) mass is 310 g/mol. The normalized spacial score (nSPS) is 32.4. The van der Waals surface area contributed by atoms with Crippen molar-refractivity contribution in [3.8, 4) is 0 Å². The highest BCUT2D eigenvalue weighted by Gasteiger charge is 2.42. The second-order valence-electron chi connectivity index (χ2n) is 7.65. The lowest BCUT2D eigenvalue weighted by Crippen LogP contribution is -2.59. The number of benzene rings is 1. The minimum atomic E-state index is -0.0962. The summed E-state index contributed by atoms with van der Waals surface area (Å²) in [5.74, 6) is 0.498. The van der Waals surface area contributed by atoms with E-state index in [-0.39, 0.29) is 16.2 Å². The Bertz CT molecular complexity index is 846. The van der Waals surface area contributed by atoms with Crippen molar-refractivity contribution in [3.05, 3.63) is 51.1 Å². The number of rotatable bonds is 1. The standard InChI is InChI=1S/C19H22N2O2/c22-19-16-6-2-4-14-3-1-5-15(18(14)16)11-20(19)17-12-21(23)9-7-13(17)8-10-21/h2,4,6,11,13,17H,1,3,5,7-10,12H2/t13?,17-,21?/m0/s1. The molecule has 2 aromatic rings. The highest BCUT2D eigenvalue weighted by Crippen LogP contribution is 2.40. The summed E-state index contributed by atoms with van der Waals surface area (Å²) in [7, 11) is 0. The molecule has 120 valence electrons. The van der Waals surface area contributed by atoms with E-state index in [1.165, 1.54) is 16.5 Å². The second-order valence-corrected chi connectivity index (χ2v) is 7.65. The largest absolute Gasteiger partial charge is 0.633 e. The zero-order valence-electron chi connectivity index (χ0n) is 13.3. The molecule has 1 aromatic heterocycles. The average molecular weight is 310 g/mol. The maximum absolute atomic E-state index is 13.1. The maximum atomic E-state index is 13.1. The molecule has 23 heavy (non-hydrogen) atoms. The van der Waals surface area contributed by atoms with Crippen molar-refractivity contribution < 1.29 is 4.65 Å². The average Bonchev–Trinajstić information content (AvgIpc) is 2.58. The van der Waals surface area contributed by atoms with Crippen LogP contribution < -0.4 is 5.56 Å². The minimum Gasteiger partial charge on any atom is -0.633 e. The van der Waals surface area contributed by atoms with Crippen LogP contribution in [-0.2, 0) is 12.8 Å². The molecule has 0 spiro atoms. The van der Waals surface area contributed by atoms with Gasteiger partial charge in [-0.2, -0.15) is 0 Å². The van der Waals surface area contributed by atoms with E-state index in [9.17, 15) is 10.0 Å². The molecule has 0 unspecified atom stereocenters. The van der Waals surface area contributed by atoms with Crippen LogP contribution >= 0.6 is 0 Å². The van der Waals surface area contributed by atoms with Gasteiger partial charge in [-0.05, 0) is 47.8 Å². The van der Waals surface area contributed by atoms with Crippen LogP contribution in [0.3, 0.4) is 0 Å². The topological polar surface area (TPSA) is 45.1 Å². The summed E-state index contributed by atoms with van der Waals surface area (Å²) < 4.78 is 1.83. The Balaban J connectivity index is 1.72. The highest BCUT2D eigenvalue weighted by atomic mass is 16.5. The Morgan fingerprint density at radius 1 is 1.13 bits per heavy atom. The Hall–Kier alpha value is -1.65. The van der Waals surface area contributed by atoms with Crippen molar-refractivity contribution in [3.63, 3.8) is 0 Å². The molecular weight excluding hydrogens is 288 g/mol. The molecule has 1 aromatic carbocycles. The number of piperidine rings is 3. The third-order valence-electron chi connectivity index (χ3n) is 6.36. The molecular formula is C19H22N2O2. The number of hydroxylamine groups is 3. The van der Waals surface area contributed by atoms with Crippen molar-refractivity contribution in [1.82, 2.24) is 4.57 Å². The van der Waals surface area contributed by atoms with Crippen LogP contribution in [0.5, 0.6) is 0 Å². The summed E-state index contributed by atoms with van der Waals surface area (Å²) >= 11 is 0. The molecule has 4 nitrogen and oxygen atoms in total. The number of quaternary nitrogens is 1. The van der Waals surface area contributed by atoms with Gasteiger partial charge in [0.1, 0.15) is 0 Å². The summed E-state index contributed by atoms with van der Waals surface area (Å²) in [5.41, 5.74) is 2.72. The van der Waals surface area contributed by atoms with Gasteiger partial charge in [-0.25, -0.2) is 0 Å². The number of aryl methyl sites for hydroxylation is 2. The molecule has 3 aliphatic heterocycles. The molecule has 1 atom stereocenters. The minimum absolute atomic E-state index is 0.0914. The Kier molecular flexibility index (Phi) is 2.80. The summed E-state index contributed by atoms with van der Waals surface area (Å²) in [6.45, 7) is 2.05. The third-order valence-corrected chi connectivity index (χ3v) is 6.36. The first kappa shape index (κ1) is 13.8. The van der Waals surface area contributed by atoms with Gasteiger partial charge >= 0.3 is 0 Å². The van der Waals surface area contributed by atoms with Crippen LogP contribution in [-0.4, -0.2) is 28.8 Å². The van der Waals surface area contributed by atoms with Gasteiger partial charge in [-0.3, -0.25) is 4.79 Å². The predicted molar refractivity (Wildman–Crippen MR) is 90.2 cm³/mol. The summed E-state index contributed by atoms with van der Waals surface area (Å²) in [5, 5.41) is 14.8. The van der Waals surface area contributed by atoms with E-state index in [0.29, 0.717) is 12.5 Å². The van der Waals surface area contributed by atoms with Crippen molar-refractivity contribution in [2.75, 3.05) is 19.6 Å². The first-order valence-corrected chi connectivity index (χ1v) is 8.87. The van der Waals surface area contributed by atoms with Crippen LogP contribution in [0.15, 0.2) is 29.2 Å². The van der Waals surface area contributed by atoms with E-state index in [1.807, 2.05) is 16.7 Å². The number of pyridine rings is 1. The van der Waals surface area contributed by atoms with Crippen molar-refractivity contribution >= 4 is 10.8 Å². The fraction of sp³-hybridized carbons (Fsp3) is 0.526. The fourth-order valence-electron chi connectivity index (χ4n) is 5.13. The zero-order chi connectivity index (χ0) is 15.6. The molecule has 3 saturated heterocycles. The van der Waals surface area contributed by atoms with Gasteiger partial charge in [-0.15, -0.1) is 0 Å². The van der Waals surface area contributed by atoms with E-state index in [4.69, 9.17) is 0 Å². The molecule has 2 bridgehead atoms. The second kappa shape index (κ2) is 4.68. The summed E-state index contributed by atoms with van der Waals surface area (Å²) in [4.78, 5) is 13.1. The lowest BCUT2D eigenvalue weighted by atomic mass is 9.82. The molecule has 0 saturated carbocycles. The molecule has 0 N–H and O–H groups in total. The number of hydrogen-bond donors (Lipinski definition) is 0. The third kappa shape index (κ3) is 1.95. The first-order valence-electron chi connectivity index (χ1n) is 8.87. The Morgan fingerprint density at radius 3 is 2.70 bits per heavy atom. The Labute approximate surface area is 135 Å². The van der Waals surface area contributed by atoms with Crippen LogP contribution in [0.1, 0.15) is 36.4 Å². The summed E-state index contributed by atoms with van der Waals surface area (Å²) in [6.07, 6.45) is 7.29. The zero-order valence-corrected chi connectivity index (χ0v) is 13.3. The molecule has 0 amide bonds. The van der Waals surface area contributed by atoms with E-state index in [1.54, 1.807) is 0 Å². The predicted octanol–water partition coefficient (Wildman–Crippen LogP) is 2.77. The van der Waals surface area contributed by atoms with Gasteiger partial charge in [0.2, 0.25) is 0 Å². The van der Waals surface area contributed by atoms with E-state index in [0.717, 1.165) is 50.6 Å². The van der Waals surface area contributed by atoms with Crippen molar-refractivity contribution in [2.45, 2.75) is 38.1 Å². The highest BCUT2D eigenvalue weighted by molar-refractivity contribution is 5.88. The molecule has 1 aliphatic carbocycles. The SMILES string of the molecule is O=c1c2cccc3c2c(cn1[C@H]1C[N+]2([O-])CCC1CC2)CCC3. The summed E-state index contributed by atoms with van der Waals surface area (Å²) in [6, 6.07) is 6.22. The number of aromatic nitrogens is 1. The van der Waals surface area contributed by atoms with Crippen molar-refractivity contribution in [1.29, 1.82) is 0 Å². The molecule has 0 radical (unpaired) electrons. The number of hydrogen-bond acceptors (Lipinski definition) is 2. The lowest BCUT2D eigenvalue weighted by Gasteiger charge is -2.55. The van der Waals surface area contributed by atoms with Crippen LogP contribution in [0, 0.1) is 11.1 Å². The fourth-order valence-corrected chi connectivity index (χ4v) is 5.13. The van der Waals surface area contributed by atoms with Gasteiger partial charge in [0.15, 0.2) is 0 Å². The number of fused-ring (bicyclic) bond motifs is 3. The van der Waals surface area contributed by atoms with Crippen molar-refractivity contribution in [2.24, 2.45) is 5.92 Å². The van der Waals surface area contributed by atoms with E-state index < -0.39 is 0 Å². The smallest absolute Gasteiger partial charge is 0.258 e. The van der Waals surface area contributed by atoms with Crippen LogP contribution in [0.25, 0.3) is 10.8 Å². The van der Waals surface area contributed by atoms with E-state index >= 15 is 0 Å². The molecule has 4 aliphatic rings. The van der Waals surface area contributed by atoms with Gasteiger partial charge in [0.05, 0.1) is 25.7 Å². The van der Waals surface area contributed by atoms with Gasteiger partial charge in [-0.1, -0.05) is 12.1 Å². The quantitative estimate of drug-likeness (QED) is 0.600. The molecule has 4 heterocycles. The molecule has 6 rings (SSSR count). The molecule has 3 fully saturated rings. The first-order chi connectivity index (χ1) is 11.1. The number of nitrogens with zero attached hydrogens (tertiary/aromatic N) is 2. The van der Waals surface area contributed by atoms with Crippen LogP contribution in [0.4, 0.5) is 0 Å². The van der Waals surface area contributed by atoms with Crippen LogP contribution in [0.2, 0.25) is 0 Å². The van der Waals surface area contributed by atoms with Gasteiger partial charge in [0.25, 0.3) is 5.56 Å². The molecule has 4 heteroatoms. The van der Waals surface area contributed by atoms with Gasteiger partial charge < -0.3 is 14.4 Å². The maximum Gasteiger partial charge on any atom is 0.258 e.